The van der Waals surface area contributed by atoms with Gasteiger partial charge in [-0.2, -0.15) is 0 Å². The van der Waals surface area contributed by atoms with Crippen molar-refractivity contribution in [3.63, 3.8) is 0 Å². The Morgan fingerprint density at radius 1 is 1.26 bits per heavy atom. The fourth-order valence-corrected chi connectivity index (χ4v) is 3.14. The Morgan fingerprint density at radius 2 is 2.11 bits per heavy atom. The van der Waals surface area contributed by atoms with Crippen LogP contribution in [0.1, 0.15) is 35.2 Å². The molecule has 0 spiro atoms. The van der Waals surface area contributed by atoms with Crippen LogP contribution in [0.5, 0.6) is 0 Å². The van der Waals surface area contributed by atoms with Crippen LogP contribution in [-0.2, 0) is 12.8 Å². The number of rotatable bonds is 2. The normalized spacial score (nSPS) is 22.1. The predicted octanol–water partition coefficient (Wildman–Crippen LogP) is 3.54. The van der Waals surface area contributed by atoms with E-state index in [9.17, 15) is 0 Å². The molecule has 0 fully saturated rings. The van der Waals surface area contributed by atoms with E-state index in [1.165, 1.54) is 16.7 Å². The molecule has 3 nitrogen and oxygen atoms in total. The molecule has 0 saturated carbocycles. The van der Waals surface area contributed by atoms with Crippen LogP contribution in [0.3, 0.4) is 0 Å². The molecule has 100 valence electrons. The summed E-state index contributed by atoms with van der Waals surface area (Å²) in [4.78, 5) is 0. The summed E-state index contributed by atoms with van der Waals surface area (Å²) in [5.41, 5.74) is 6.40. The first kappa shape index (κ1) is 12.3. The summed E-state index contributed by atoms with van der Waals surface area (Å²) in [5.74, 6) is 1.03. The zero-order chi connectivity index (χ0) is 13.4. The highest BCUT2D eigenvalue weighted by atomic mass is 16.5. The molecule has 0 radical (unpaired) electrons. The summed E-state index contributed by atoms with van der Waals surface area (Å²) in [6, 6.07) is 6.79. The van der Waals surface area contributed by atoms with Crippen molar-refractivity contribution < 1.29 is 4.52 Å². The highest BCUT2D eigenvalue weighted by molar-refractivity contribution is 5.48. The highest BCUT2D eigenvalue weighted by Crippen LogP contribution is 2.39. The van der Waals surface area contributed by atoms with Crippen molar-refractivity contribution in [3.05, 3.63) is 46.8 Å². The lowest BCUT2D eigenvalue weighted by Gasteiger charge is -2.30. The second kappa shape index (κ2) is 4.72. The van der Waals surface area contributed by atoms with Crippen LogP contribution in [0.4, 0.5) is 5.69 Å². The predicted molar refractivity (Wildman–Crippen MR) is 76.5 cm³/mol. The lowest BCUT2D eigenvalue weighted by atomic mass is 9.75. The third-order valence-electron chi connectivity index (χ3n) is 4.25. The molecule has 2 atom stereocenters. The van der Waals surface area contributed by atoms with E-state index in [-0.39, 0.29) is 0 Å². The van der Waals surface area contributed by atoms with Gasteiger partial charge < -0.3 is 9.84 Å². The molecular weight excluding hydrogens is 236 g/mol. The Hall–Kier alpha value is -1.77. The number of aromatic nitrogens is 1. The first-order valence-corrected chi connectivity index (χ1v) is 6.89. The van der Waals surface area contributed by atoms with E-state index in [0.29, 0.717) is 11.8 Å². The van der Waals surface area contributed by atoms with Crippen molar-refractivity contribution in [2.24, 2.45) is 5.92 Å². The van der Waals surface area contributed by atoms with Gasteiger partial charge in [0.15, 0.2) is 0 Å². The van der Waals surface area contributed by atoms with Crippen molar-refractivity contribution in [2.45, 2.75) is 32.6 Å². The SMILES string of the molecule is CNc1conc1C1Cc2ccc(C)cc2CC1C. The van der Waals surface area contributed by atoms with Crippen molar-refractivity contribution >= 4 is 5.69 Å². The molecule has 1 N–H and O–H groups in total. The number of hydrogen-bond acceptors (Lipinski definition) is 3. The lowest BCUT2D eigenvalue weighted by molar-refractivity contribution is 0.369. The highest BCUT2D eigenvalue weighted by Gasteiger charge is 2.30. The fourth-order valence-electron chi connectivity index (χ4n) is 3.14. The molecule has 0 aliphatic heterocycles. The first-order valence-electron chi connectivity index (χ1n) is 6.89. The summed E-state index contributed by atoms with van der Waals surface area (Å²) in [5, 5.41) is 7.38. The molecule has 3 heteroatoms. The van der Waals surface area contributed by atoms with Crippen LogP contribution in [0.25, 0.3) is 0 Å². The van der Waals surface area contributed by atoms with E-state index >= 15 is 0 Å². The third kappa shape index (κ3) is 2.14. The van der Waals surface area contributed by atoms with Crippen LogP contribution >= 0.6 is 0 Å². The second-order valence-corrected chi connectivity index (χ2v) is 5.63. The first-order chi connectivity index (χ1) is 9.19. The van der Waals surface area contributed by atoms with Crippen LogP contribution in [0.15, 0.2) is 29.0 Å². The van der Waals surface area contributed by atoms with Gasteiger partial charge in [-0.3, -0.25) is 0 Å². The molecular formula is C16H20N2O. The lowest BCUT2D eigenvalue weighted by Crippen LogP contribution is -2.22. The third-order valence-corrected chi connectivity index (χ3v) is 4.25. The smallest absolute Gasteiger partial charge is 0.147 e. The van der Waals surface area contributed by atoms with E-state index < -0.39 is 0 Å². The van der Waals surface area contributed by atoms with Gasteiger partial charge in [-0.25, -0.2) is 0 Å². The minimum absolute atomic E-state index is 0.441. The van der Waals surface area contributed by atoms with E-state index in [4.69, 9.17) is 4.52 Å². The molecule has 1 aromatic carbocycles. The summed E-state index contributed by atoms with van der Waals surface area (Å²) < 4.78 is 5.13. The molecule has 2 aromatic rings. The fraction of sp³-hybridized carbons (Fsp3) is 0.438. The minimum atomic E-state index is 0.441. The maximum atomic E-state index is 5.13. The van der Waals surface area contributed by atoms with Crippen molar-refractivity contribution in [1.29, 1.82) is 0 Å². The molecule has 1 heterocycles. The Kier molecular flexibility index (Phi) is 3.05. The summed E-state index contributed by atoms with van der Waals surface area (Å²) in [6.07, 6.45) is 3.88. The average molecular weight is 256 g/mol. The van der Waals surface area contributed by atoms with E-state index in [2.05, 4.69) is 42.5 Å². The topological polar surface area (TPSA) is 38.1 Å². The Balaban J connectivity index is 1.95. The van der Waals surface area contributed by atoms with E-state index in [1.54, 1.807) is 6.26 Å². The van der Waals surface area contributed by atoms with Gasteiger partial charge in [0, 0.05) is 13.0 Å². The van der Waals surface area contributed by atoms with Crippen LogP contribution < -0.4 is 5.32 Å². The number of anilines is 1. The standard InChI is InChI=1S/C16H20N2O/c1-10-4-5-12-8-14(11(2)7-13(12)6-10)16-15(17-3)9-19-18-16/h4-6,9,11,14,17H,7-8H2,1-3H3. The number of fused-ring (bicyclic) bond motifs is 1. The van der Waals surface area contributed by atoms with E-state index in [1.807, 2.05) is 7.05 Å². The molecule has 0 bridgehead atoms. The van der Waals surface area contributed by atoms with Crippen molar-refractivity contribution in [1.82, 2.24) is 5.16 Å². The molecule has 0 saturated heterocycles. The van der Waals surface area contributed by atoms with Gasteiger partial charge in [0.25, 0.3) is 0 Å². The quantitative estimate of drug-likeness (QED) is 0.893. The van der Waals surface area contributed by atoms with Gasteiger partial charge >= 0.3 is 0 Å². The number of benzene rings is 1. The molecule has 1 aliphatic rings. The van der Waals surface area contributed by atoms with Crippen LogP contribution in [-0.4, -0.2) is 12.2 Å². The molecule has 3 rings (SSSR count). The largest absolute Gasteiger partial charge is 0.384 e. The van der Waals surface area contributed by atoms with Gasteiger partial charge in [-0.1, -0.05) is 35.8 Å². The maximum absolute atomic E-state index is 5.13. The Morgan fingerprint density at radius 3 is 2.89 bits per heavy atom. The van der Waals surface area contributed by atoms with Gasteiger partial charge in [0.1, 0.15) is 12.0 Å². The Bertz CT molecular complexity index is 588. The molecule has 0 amide bonds. The number of nitrogens with zero attached hydrogens (tertiary/aromatic N) is 1. The average Bonchev–Trinajstić information content (AvgIpc) is 2.86. The van der Waals surface area contributed by atoms with Gasteiger partial charge in [0.2, 0.25) is 0 Å². The Labute approximate surface area is 114 Å². The zero-order valence-corrected chi connectivity index (χ0v) is 11.7. The van der Waals surface area contributed by atoms with Crippen molar-refractivity contribution in [3.8, 4) is 0 Å². The summed E-state index contributed by atoms with van der Waals surface area (Å²) >= 11 is 0. The summed E-state index contributed by atoms with van der Waals surface area (Å²) in [6.45, 7) is 4.47. The van der Waals surface area contributed by atoms with Gasteiger partial charge in [-0.15, -0.1) is 0 Å². The zero-order valence-electron chi connectivity index (χ0n) is 11.7. The monoisotopic (exact) mass is 256 g/mol. The number of nitrogens with one attached hydrogen (secondary N) is 1. The maximum Gasteiger partial charge on any atom is 0.147 e. The minimum Gasteiger partial charge on any atom is -0.384 e. The van der Waals surface area contributed by atoms with Gasteiger partial charge in [0.05, 0.1) is 5.69 Å². The summed E-state index contributed by atoms with van der Waals surface area (Å²) in [7, 11) is 1.92. The molecule has 1 aromatic heterocycles. The van der Waals surface area contributed by atoms with Crippen LogP contribution in [0.2, 0.25) is 0 Å². The molecule has 2 unspecified atom stereocenters. The van der Waals surface area contributed by atoms with Crippen molar-refractivity contribution in [2.75, 3.05) is 12.4 Å². The van der Waals surface area contributed by atoms with Gasteiger partial charge in [-0.05, 0) is 36.8 Å². The van der Waals surface area contributed by atoms with Crippen LogP contribution in [0, 0.1) is 12.8 Å². The second-order valence-electron chi connectivity index (χ2n) is 5.63. The number of hydrogen-bond donors (Lipinski definition) is 1. The molecule has 19 heavy (non-hydrogen) atoms. The van der Waals surface area contributed by atoms with E-state index in [0.717, 1.165) is 24.2 Å². The molecule has 1 aliphatic carbocycles. The number of aryl methyl sites for hydroxylation is 1.